The van der Waals surface area contributed by atoms with E-state index in [1.807, 2.05) is 36.4 Å². The largest absolute Gasteiger partial charge is 0.493 e. The molecule has 3 aromatic rings. The third-order valence-electron chi connectivity index (χ3n) is 5.03. The van der Waals surface area contributed by atoms with Crippen LogP contribution in [-0.2, 0) is 17.8 Å². The van der Waals surface area contributed by atoms with Crippen molar-refractivity contribution in [2.24, 2.45) is 0 Å². The number of fused-ring (bicyclic) bond motifs is 2. The molecule has 0 spiro atoms. The van der Waals surface area contributed by atoms with Crippen LogP contribution in [0.1, 0.15) is 21.5 Å². The Morgan fingerprint density at radius 2 is 1.74 bits per heavy atom. The summed E-state index contributed by atoms with van der Waals surface area (Å²) in [6.07, 6.45) is 2.28. The molecule has 0 unspecified atom stereocenters. The van der Waals surface area contributed by atoms with Gasteiger partial charge in [-0.1, -0.05) is 18.2 Å². The van der Waals surface area contributed by atoms with Crippen LogP contribution in [0.4, 0.5) is 0 Å². The van der Waals surface area contributed by atoms with Gasteiger partial charge in [0.15, 0.2) is 11.5 Å². The molecule has 0 aliphatic carbocycles. The smallest absolute Gasteiger partial charge is 0.295 e. The van der Waals surface area contributed by atoms with Gasteiger partial charge in [-0.3, -0.25) is 9.59 Å². The first-order valence-corrected chi connectivity index (χ1v) is 8.76. The van der Waals surface area contributed by atoms with Crippen molar-refractivity contribution >= 4 is 22.6 Å². The number of hydrogen-bond donors (Lipinski definition) is 1. The highest BCUT2D eigenvalue weighted by molar-refractivity contribution is 6.44. The van der Waals surface area contributed by atoms with Crippen molar-refractivity contribution in [3.8, 4) is 11.5 Å². The maximum absolute atomic E-state index is 12.8. The zero-order valence-electron chi connectivity index (χ0n) is 15.2. The van der Waals surface area contributed by atoms with Gasteiger partial charge >= 0.3 is 0 Å². The highest BCUT2D eigenvalue weighted by Gasteiger charge is 2.29. The van der Waals surface area contributed by atoms with Gasteiger partial charge in [0.25, 0.3) is 11.7 Å². The van der Waals surface area contributed by atoms with Gasteiger partial charge in [0.1, 0.15) is 0 Å². The number of ether oxygens (including phenoxy) is 2. The molecule has 138 valence electrons. The van der Waals surface area contributed by atoms with Crippen LogP contribution in [0.3, 0.4) is 0 Å². The zero-order chi connectivity index (χ0) is 19.0. The summed E-state index contributed by atoms with van der Waals surface area (Å²) < 4.78 is 10.7. The molecule has 0 saturated heterocycles. The molecule has 1 aliphatic heterocycles. The Kier molecular flexibility index (Phi) is 4.32. The first-order chi connectivity index (χ1) is 13.1. The van der Waals surface area contributed by atoms with E-state index in [-0.39, 0.29) is 0 Å². The predicted molar refractivity (Wildman–Crippen MR) is 101 cm³/mol. The first-order valence-electron chi connectivity index (χ1n) is 8.76. The molecule has 1 aromatic heterocycles. The molecule has 0 radical (unpaired) electrons. The third kappa shape index (κ3) is 2.93. The van der Waals surface area contributed by atoms with Crippen LogP contribution < -0.4 is 9.47 Å². The number of methoxy groups -OCH3 is 2. The van der Waals surface area contributed by atoms with Crippen LogP contribution in [0, 0.1) is 0 Å². The maximum Gasteiger partial charge on any atom is 0.295 e. The van der Waals surface area contributed by atoms with E-state index < -0.39 is 11.7 Å². The van der Waals surface area contributed by atoms with E-state index in [1.165, 1.54) is 0 Å². The van der Waals surface area contributed by atoms with Crippen LogP contribution in [0.5, 0.6) is 11.5 Å². The number of H-pyrrole nitrogens is 1. The van der Waals surface area contributed by atoms with Gasteiger partial charge in [-0.25, -0.2) is 0 Å². The molecule has 2 heterocycles. The summed E-state index contributed by atoms with van der Waals surface area (Å²) in [7, 11) is 3.18. The van der Waals surface area contributed by atoms with E-state index in [9.17, 15) is 9.59 Å². The number of nitrogens with zero attached hydrogens (tertiary/aromatic N) is 1. The van der Waals surface area contributed by atoms with Crippen LogP contribution in [0.15, 0.2) is 42.6 Å². The number of benzene rings is 2. The number of carbonyl (C=O) groups is 2. The minimum Gasteiger partial charge on any atom is -0.493 e. The van der Waals surface area contributed by atoms with Crippen molar-refractivity contribution in [3.63, 3.8) is 0 Å². The lowest BCUT2D eigenvalue weighted by Gasteiger charge is -2.29. The lowest BCUT2D eigenvalue weighted by Crippen LogP contribution is -2.40. The van der Waals surface area contributed by atoms with Crippen molar-refractivity contribution in [1.29, 1.82) is 0 Å². The monoisotopic (exact) mass is 364 g/mol. The minimum absolute atomic E-state index is 0.378. The average molecular weight is 364 g/mol. The molecular weight excluding hydrogens is 344 g/mol. The van der Waals surface area contributed by atoms with Crippen LogP contribution in [0.2, 0.25) is 0 Å². The first kappa shape index (κ1) is 17.1. The molecule has 4 rings (SSSR count). The molecule has 6 heteroatoms. The zero-order valence-corrected chi connectivity index (χ0v) is 15.2. The van der Waals surface area contributed by atoms with Crippen molar-refractivity contribution < 1.29 is 19.1 Å². The normalized spacial score (nSPS) is 13.3. The highest BCUT2D eigenvalue weighted by Crippen LogP contribution is 2.33. The van der Waals surface area contributed by atoms with Gasteiger partial charge in [-0.2, -0.15) is 0 Å². The number of aromatic amines is 1. The van der Waals surface area contributed by atoms with E-state index in [0.717, 1.165) is 22.0 Å². The Morgan fingerprint density at radius 3 is 2.48 bits per heavy atom. The summed E-state index contributed by atoms with van der Waals surface area (Å²) in [6, 6.07) is 11.3. The Hall–Kier alpha value is -3.28. The van der Waals surface area contributed by atoms with E-state index in [0.29, 0.717) is 36.6 Å². The Morgan fingerprint density at radius 1 is 1.04 bits per heavy atom. The highest BCUT2D eigenvalue weighted by atomic mass is 16.5. The molecule has 0 atom stereocenters. The number of Topliss-reactive ketones (excluding diaryl/α,β-unsaturated/α-hetero) is 1. The lowest BCUT2D eigenvalue weighted by molar-refractivity contribution is -0.127. The SMILES string of the molecule is COc1cc2c(cc1OC)CN(C(=O)C(=O)c1c[nH]c3ccccc13)CC2. The van der Waals surface area contributed by atoms with Gasteiger partial charge < -0.3 is 19.4 Å². The third-order valence-corrected chi connectivity index (χ3v) is 5.03. The van der Waals surface area contributed by atoms with E-state index in [2.05, 4.69) is 4.98 Å². The molecule has 0 fully saturated rings. The number of hydrogen-bond acceptors (Lipinski definition) is 4. The molecule has 27 heavy (non-hydrogen) atoms. The number of amides is 1. The maximum atomic E-state index is 12.8. The minimum atomic E-state index is -0.489. The quantitative estimate of drug-likeness (QED) is 0.571. The van der Waals surface area contributed by atoms with Crippen LogP contribution in [0.25, 0.3) is 10.9 Å². The standard InChI is InChI=1S/C21H20N2O4/c1-26-18-9-13-7-8-23(12-14(13)10-19(18)27-2)21(25)20(24)16-11-22-17-6-4-3-5-15(16)17/h3-6,9-11,22H,7-8,12H2,1-2H3. The number of rotatable bonds is 4. The van der Waals surface area contributed by atoms with E-state index in [4.69, 9.17) is 9.47 Å². The topological polar surface area (TPSA) is 71.6 Å². The van der Waals surface area contributed by atoms with Crippen LogP contribution in [-0.4, -0.2) is 42.3 Å². The summed E-state index contributed by atoms with van der Waals surface area (Å²) in [5.41, 5.74) is 3.33. The van der Waals surface area contributed by atoms with Gasteiger partial charge in [0.05, 0.1) is 19.8 Å². The van der Waals surface area contributed by atoms with E-state index in [1.54, 1.807) is 25.3 Å². The fourth-order valence-electron chi connectivity index (χ4n) is 3.57. The molecular formula is C21H20N2O4. The molecule has 6 nitrogen and oxygen atoms in total. The number of para-hydroxylation sites is 1. The number of aromatic nitrogens is 1. The van der Waals surface area contributed by atoms with Crippen molar-refractivity contribution in [1.82, 2.24) is 9.88 Å². The van der Waals surface area contributed by atoms with Gasteiger partial charge in [0.2, 0.25) is 0 Å². The Bertz CT molecular complexity index is 1040. The average Bonchev–Trinajstić information content (AvgIpc) is 3.15. The fourth-order valence-corrected chi connectivity index (χ4v) is 3.57. The second-order valence-corrected chi connectivity index (χ2v) is 6.53. The Balaban J connectivity index is 1.60. The van der Waals surface area contributed by atoms with Gasteiger partial charge in [-0.05, 0) is 35.7 Å². The molecule has 2 aromatic carbocycles. The lowest BCUT2D eigenvalue weighted by atomic mass is 9.98. The summed E-state index contributed by atoms with van der Waals surface area (Å²) >= 11 is 0. The van der Waals surface area contributed by atoms with Crippen molar-refractivity contribution in [2.45, 2.75) is 13.0 Å². The van der Waals surface area contributed by atoms with Crippen LogP contribution >= 0.6 is 0 Å². The van der Waals surface area contributed by atoms with Crippen molar-refractivity contribution in [3.05, 3.63) is 59.3 Å². The van der Waals surface area contributed by atoms with Gasteiger partial charge in [-0.15, -0.1) is 0 Å². The number of nitrogens with one attached hydrogen (secondary N) is 1. The number of ketones is 1. The molecule has 1 aliphatic rings. The summed E-state index contributed by atoms with van der Waals surface area (Å²) in [5, 5.41) is 0.764. The molecule has 0 saturated carbocycles. The fraction of sp³-hybridized carbons (Fsp3) is 0.238. The number of carbonyl (C=O) groups excluding carboxylic acids is 2. The Labute approximate surface area is 156 Å². The molecule has 0 bridgehead atoms. The van der Waals surface area contributed by atoms with Gasteiger partial charge in [0, 0.05) is 30.2 Å². The second-order valence-electron chi connectivity index (χ2n) is 6.53. The van der Waals surface area contributed by atoms with Crippen molar-refractivity contribution in [2.75, 3.05) is 20.8 Å². The summed E-state index contributed by atoms with van der Waals surface area (Å²) in [4.78, 5) is 30.3. The summed E-state index contributed by atoms with van der Waals surface area (Å²) in [6.45, 7) is 0.873. The second kappa shape index (κ2) is 6.79. The molecule has 1 N–H and O–H groups in total. The summed E-state index contributed by atoms with van der Waals surface area (Å²) in [5.74, 6) is 0.316. The van der Waals surface area contributed by atoms with E-state index >= 15 is 0 Å². The molecule has 1 amide bonds. The predicted octanol–water partition coefficient (Wildman–Crippen LogP) is 2.95.